The summed E-state index contributed by atoms with van der Waals surface area (Å²) >= 11 is 0. The quantitative estimate of drug-likeness (QED) is 0.580. The van der Waals surface area contributed by atoms with Crippen LogP contribution in [0.4, 0.5) is 19.4 Å². The Labute approximate surface area is 161 Å². The molecule has 0 bridgehead atoms. The number of carbonyl (C=O) groups is 1. The minimum atomic E-state index is -2.86. The smallest absolute Gasteiger partial charge is 0.410 e. The third-order valence-corrected chi connectivity index (χ3v) is 3.65. The van der Waals surface area contributed by atoms with Gasteiger partial charge in [-0.2, -0.15) is 0 Å². The average Bonchev–Trinajstić information content (AvgIpc) is 2.58. The molecule has 2 aromatic rings. The Hall–Kier alpha value is -3.07. The van der Waals surface area contributed by atoms with Gasteiger partial charge in [-0.1, -0.05) is 5.57 Å². The molecule has 4 N–H and O–H groups in total. The molecular weight excluding hydrogens is 370 g/mol. The summed E-state index contributed by atoms with van der Waals surface area (Å²) < 4.78 is 32.5. The predicted molar refractivity (Wildman–Crippen MR) is 102 cm³/mol. The molecule has 2 aromatic heterocycles. The summed E-state index contributed by atoms with van der Waals surface area (Å²) in [5, 5.41) is 10.9. The lowest BCUT2D eigenvalue weighted by Crippen LogP contribution is -2.42. The number of anilines is 1. The van der Waals surface area contributed by atoms with Gasteiger partial charge in [-0.05, 0) is 44.5 Å². The first-order valence-electron chi connectivity index (χ1n) is 8.39. The lowest BCUT2D eigenvalue weighted by Gasteiger charge is -2.25. The Kier molecular flexibility index (Phi) is 6.63. The van der Waals surface area contributed by atoms with Crippen molar-refractivity contribution in [3.8, 4) is 17.0 Å². The zero-order valence-electron chi connectivity index (χ0n) is 15.6. The predicted octanol–water partition coefficient (Wildman–Crippen LogP) is 4.23. The van der Waals surface area contributed by atoms with Crippen LogP contribution < -0.4 is 15.8 Å². The summed E-state index contributed by atoms with van der Waals surface area (Å²) in [6, 6.07) is 5.84. The molecular formula is C19H22F2N4O3. The van der Waals surface area contributed by atoms with Gasteiger partial charge >= 0.3 is 6.09 Å². The number of aromatic nitrogens is 2. The zero-order valence-corrected chi connectivity index (χ0v) is 15.6. The number of ether oxygens (including phenoxy) is 1. The second-order valence-electron chi connectivity index (χ2n) is 6.82. The number of hydrogen-bond acceptors (Lipinski definition) is 5. The molecule has 1 amide bonds. The first kappa shape index (κ1) is 21.2. The highest BCUT2D eigenvalue weighted by atomic mass is 19.3. The highest BCUT2D eigenvalue weighted by molar-refractivity contribution is 5.82. The van der Waals surface area contributed by atoms with Crippen molar-refractivity contribution >= 4 is 11.9 Å². The fraction of sp³-hybridized carbons (Fsp3) is 0.316. The molecule has 9 heteroatoms. The molecule has 0 saturated carbocycles. The van der Waals surface area contributed by atoms with Crippen LogP contribution in [0.25, 0.3) is 11.3 Å². The van der Waals surface area contributed by atoms with Gasteiger partial charge in [0.05, 0.1) is 11.2 Å². The van der Waals surface area contributed by atoms with E-state index in [0.29, 0.717) is 12.0 Å². The van der Waals surface area contributed by atoms with Crippen LogP contribution >= 0.6 is 0 Å². The van der Waals surface area contributed by atoms with Gasteiger partial charge < -0.3 is 15.6 Å². The Balaban J connectivity index is 2.28. The van der Waals surface area contributed by atoms with Crippen molar-refractivity contribution in [2.45, 2.75) is 32.2 Å². The molecule has 28 heavy (non-hydrogen) atoms. The lowest BCUT2D eigenvalue weighted by molar-refractivity contribution is 0.136. The lowest BCUT2D eigenvalue weighted by atomic mass is 9.96. The molecule has 150 valence electrons. The second-order valence-corrected chi connectivity index (χ2v) is 6.82. The molecule has 0 unspecified atom stereocenters. The number of nitrogens with one attached hydrogen (secondary N) is 1. The SMILES string of the molecule is C=C(C)C[C@](C)(N)COc1ccc(-c2ccnc(NC(=O)O)c2)nc1C(F)F. The van der Waals surface area contributed by atoms with E-state index >= 15 is 0 Å². The van der Waals surface area contributed by atoms with E-state index in [4.69, 9.17) is 15.6 Å². The fourth-order valence-electron chi connectivity index (χ4n) is 2.65. The summed E-state index contributed by atoms with van der Waals surface area (Å²) in [4.78, 5) is 18.6. The third-order valence-electron chi connectivity index (χ3n) is 3.65. The van der Waals surface area contributed by atoms with E-state index in [9.17, 15) is 13.6 Å². The molecule has 0 radical (unpaired) electrons. The normalized spacial score (nSPS) is 13.1. The number of hydrogen-bond donors (Lipinski definition) is 3. The minimum Gasteiger partial charge on any atom is -0.490 e. The van der Waals surface area contributed by atoms with Crippen molar-refractivity contribution in [3.63, 3.8) is 0 Å². The van der Waals surface area contributed by atoms with Crippen LogP contribution in [0.15, 0.2) is 42.6 Å². The van der Waals surface area contributed by atoms with Crippen molar-refractivity contribution < 1.29 is 23.4 Å². The number of rotatable bonds is 8. The van der Waals surface area contributed by atoms with E-state index in [1.807, 2.05) is 6.92 Å². The van der Waals surface area contributed by atoms with Gasteiger partial charge in [0.2, 0.25) is 0 Å². The van der Waals surface area contributed by atoms with Crippen LogP contribution in [0, 0.1) is 0 Å². The summed E-state index contributed by atoms with van der Waals surface area (Å²) in [7, 11) is 0. The largest absolute Gasteiger partial charge is 0.490 e. The summed E-state index contributed by atoms with van der Waals surface area (Å²) in [5.74, 6) is -0.000465. The van der Waals surface area contributed by atoms with Crippen molar-refractivity contribution in [3.05, 3.63) is 48.3 Å². The molecule has 0 saturated heterocycles. The third kappa shape index (κ3) is 5.98. The first-order chi connectivity index (χ1) is 13.1. The number of pyridine rings is 2. The van der Waals surface area contributed by atoms with Crippen LogP contribution in [0.5, 0.6) is 5.75 Å². The number of alkyl halides is 2. The first-order valence-corrected chi connectivity index (χ1v) is 8.39. The van der Waals surface area contributed by atoms with Crippen molar-refractivity contribution in [1.29, 1.82) is 0 Å². The molecule has 2 heterocycles. The number of amides is 1. The second kappa shape index (κ2) is 8.75. The maximum Gasteiger partial charge on any atom is 0.410 e. The maximum atomic E-state index is 13.5. The van der Waals surface area contributed by atoms with Crippen LogP contribution in [-0.4, -0.2) is 33.3 Å². The van der Waals surface area contributed by atoms with Crippen LogP contribution in [0.3, 0.4) is 0 Å². The molecule has 0 fully saturated rings. The fourth-order valence-corrected chi connectivity index (χ4v) is 2.65. The standard InChI is InChI=1S/C19H22F2N4O3/c1-11(2)9-19(3,22)10-28-14-5-4-13(24-16(14)17(20)21)12-6-7-23-15(8-12)25-18(26)27/h4-8,17H,1,9-10,22H2,2-3H3,(H,23,25)(H,26,27)/t19-/m0/s1. The van der Waals surface area contributed by atoms with Gasteiger partial charge in [0.15, 0.2) is 0 Å². The van der Waals surface area contributed by atoms with Gasteiger partial charge in [0.1, 0.15) is 23.9 Å². The van der Waals surface area contributed by atoms with E-state index in [-0.39, 0.29) is 23.9 Å². The molecule has 0 aliphatic carbocycles. The van der Waals surface area contributed by atoms with E-state index in [0.717, 1.165) is 5.57 Å². The van der Waals surface area contributed by atoms with Crippen LogP contribution in [-0.2, 0) is 0 Å². The van der Waals surface area contributed by atoms with Crippen molar-refractivity contribution in [2.24, 2.45) is 5.73 Å². The Morgan fingerprint density at radius 2 is 2.14 bits per heavy atom. The molecule has 1 atom stereocenters. The number of nitrogens with zero attached hydrogens (tertiary/aromatic N) is 2. The molecule has 7 nitrogen and oxygen atoms in total. The van der Waals surface area contributed by atoms with Crippen molar-refractivity contribution in [2.75, 3.05) is 11.9 Å². The Morgan fingerprint density at radius 1 is 1.43 bits per heavy atom. The van der Waals surface area contributed by atoms with Crippen LogP contribution in [0.2, 0.25) is 0 Å². The average molecular weight is 392 g/mol. The number of halogens is 2. The van der Waals surface area contributed by atoms with E-state index < -0.39 is 23.8 Å². The number of nitrogens with two attached hydrogens (primary N) is 1. The Bertz CT molecular complexity index is 872. The topological polar surface area (TPSA) is 110 Å². The van der Waals surface area contributed by atoms with Crippen molar-refractivity contribution in [1.82, 2.24) is 9.97 Å². The molecule has 0 aliphatic heterocycles. The molecule has 0 aromatic carbocycles. The molecule has 0 aliphatic rings. The molecule has 0 spiro atoms. The van der Waals surface area contributed by atoms with Gasteiger partial charge in [-0.3, -0.25) is 5.32 Å². The highest BCUT2D eigenvalue weighted by Gasteiger charge is 2.23. The molecule has 2 rings (SSSR count). The minimum absolute atomic E-state index is 0.0164. The highest BCUT2D eigenvalue weighted by Crippen LogP contribution is 2.31. The maximum absolute atomic E-state index is 13.5. The summed E-state index contributed by atoms with van der Waals surface area (Å²) in [6.07, 6.45) is -2.31. The van der Waals surface area contributed by atoms with Gasteiger partial charge in [-0.15, -0.1) is 6.58 Å². The monoisotopic (exact) mass is 392 g/mol. The number of carboxylic acid groups (broad SMARTS) is 1. The van der Waals surface area contributed by atoms with Gasteiger partial charge in [0, 0.05) is 11.8 Å². The van der Waals surface area contributed by atoms with Gasteiger partial charge in [0.25, 0.3) is 6.43 Å². The van der Waals surface area contributed by atoms with Crippen LogP contribution in [0.1, 0.15) is 32.4 Å². The van der Waals surface area contributed by atoms with E-state index in [1.54, 1.807) is 6.92 Å². The van der Waals surface area contributed by atoms with E-state index in [1.165, 1.54) is 30.5 Å². The van der Waals surface area contributed by atoms with E-state index in [2.05, 4.69) is 21.9 Å². The summed E-state index contributed by atoms with van der Waals surface area (Å²) in [6.45, 7) is 7.39. The summed E-state index contributed by atoms with van der Waals surface area (Å²) in [5.41, 5.74) is 6.36. The zero-order chi connectivity index (χ0) is 20.9. The van der Waals surface area contributed by atoms with Gasteiger partial charge in [-0.25, -0.2) is 23.5 Å². The Morgan fingerprint density at radius 3 is 2.75 bits per heavy atom.